The average Bonchev–Trinajstić information content (AvgIpc) is 3.40. The van der Waals surface area contributed by atoms with Gasteiger partial charge in [0.15, 0.2) is 0 Å². The zero-order valence-electron chi connectivity index (χ0n) is 16.2. The Morgan fingerprint density at radius 2 is 2.03 bits per heavy atom. The Kier molecular flexibility index (Phi) is 7.16. The third-order valence-electron chi connectivity index (χ3n) is 5.65. The van der Waals surface area contributed by atoms with E-state index >= 15 is 0 Å². The van der Waals surface area contributed by atoms with Crippen molar-refractivity contribution in [2.45, 2.75) is 44.6 Å². The van der Waals surface area contributed by atoms with Gasteiger partial charge in [0.1, 0.15) is 11.9 Å². The van der Waals surface area contributed by atoms with Crippen molar-refractivity contribution in [3.05, 3.63) is 30.1 Å². The fourth-order valence-electron chi connectivity index (χ4n) is 4.19. The van der Waals surface area contributed by atoms with E-state index in [0.717, 1.165) is 25.7 Å². The Morgan fingerprint density at radius 1 is 1.31 bits per heavy atom. The predicted molar refractivity (Wildman–Crippen MR) is 103 cm³/mol. The molecule has 29 heavy (non-hydrogen) atoms. The molecule has 1 aromatic carbocycles. The number of carbonyl (C=O) groups is 3. The summed E-state index contributed by atoms with van der Waals surface area (Å²) in [6.45, 7) is 0.298. The number of nitrogens with zero attached hydrogens (tertiary/aromatic N) is 2. The summed E-state index contributed by atoms with van der Waals surface area (Å²) in [6.07, 6.45) is 5.45. The second kappa shape index (κ2) is 9.80. The van der Waals surface area contributed by atoms with E-state index in [1.54, 1.807) is 6.07 Å². The van der Waals surface area contributed by atoms with Crippen molar-refractivity contribution in [2.75, 3.05) is 18.4 Å². The highest BCUT2D eigenvalue weighted by molar-refractivity contribution is 5.97. The third kappa shape index (κ3) is 5.30. The predicted octanol–water partition coefficient (Wildman–Crippen LogP) is 1.91. The Bertz CT molecular complexity index is 741. The molecule has 3 N–H and O–H groups in total. The molecule has 1 aliphatic carbocycles. The summed E-state index contributed by atoms with van der Waals surface area (Å²) in [4.78, 5) is 36.7. The standard InChI is InChI=1S/C20H27FN4O4/c21-16-7-3-4-8-17(16)23-19(27)18-9-10-22-25(18)20(28)15(12-24(29)13-26)11-14-5-1-2-6-14/h3-4,7-8,13-15,18,22,29H,1-2,5-6,9-12H2,(H,23,27). The number of hydrogen-bond acceptors (Lipinski definition) is 5. The summed E-state index contributed by atoms with van der Waals surface area (Å²) in [5.74, 6) is -1.64. The van der Waals surface area contributed by atoms with Crippen LogP contribution in [0.1, 0.15) is 38.5 Å². The maximum Gasteiger partial charge on any atom is 0.248 e. The second-order valence-electron chi connectivity index (χ2n) is 7.70. The first kappa shape index (κ1) is 21.2. The number of amides is 3. The molecule has 0 bridgehead atoms. The number of hydroxylamine groups is 2. The molecule has 3 amide bonds. The van der Waals surface area contributed by atoms with Crippen molar-refractivity contribution < 1.29 is 24.0 Å². The number of anilines is 1. The van der Waals surface area contributed by atoms with Crippen LogP contribution in [0, 0.1) is 17.7 Å². The van der Waals surface area contributed by atoms with E-state index in [4.69, 9.17) is 0 Å². The molecule has 2 aliphatic rings. The largest absolute Gasteiger partial charge is 0.322 e. The maximum atomic E-state index is 13.9. The van der Waals surface area contributed by atoms with Crippen LogP contribution in [0.5, 0.6) is 0 Å². The number of carbonyl (C=O) groups excluding carboxylic acids is 3. The molecule has 8 nitrogen and oxygen atoms in total. The summed E-state index contributed by atoms with van der Waals surface area (Å²) in [5, 5.41) is 13.9. The van der Waals surface area contributed by atoms with E-state index in [9.17, 15) is 24.0 Å². The third-order valence-corrected chi connectivity index (χ3v) is 5.65. The molecule has 2 atom stereocenters. The summed E-state index contributed by atoms with van der Waals surface area (Å²) in [5.41, 5.74) is 2.98. The quantitative estimate of drug-likeness (QED) is 0.348. The molecule has 1 heterocycles. The molecule has 2 unspecified atom stereocenters. The molecule has 3 rings (SSSR count). The van der Waals surface area contributed by atoms with Gasteiger partial charge < -0.3 is 5.32 Å². The SMILES string of the molecule is O=CN(O)CC(CC1CCCC1)C(=O)N1NCCC1C(=O)Nc1ccccc1F. The lowest BCUT2D eigenvalue weighted by atomic mass is 9.92. The molecule has 1 saturated carbocycles. The van der Waals surface area contributed by atoms with Crippen LogP contribution in [0.15, 0.2) is 24.3 Å². The highest BCUT2D eigenvalue weighted by atomic mass is 19.1. The van der Waals surface area contributed by atoms with Gasteiger partial charge in [-0.25, -0.2) is 14.9 Å². The van der Waals surface area contributed by atoms with Gasteiger partial charge in [-0.1, -0.05) is 37.8 Å². The average molecular weight is 406 g/mol. The minimum atomic E-state index is -0.795. The molecule has 158 valence electrons. The molecule has 0 aromatic heterocycles. The Morgan fingerprint density at radius 3 is 2.72 bits per heavy atom. The number of rotatable bonds is 8. The Labute approximate surface area is 169 Å². The van der Waals surface area contributed by atoms with Crippen LogP contribution in [0.2, 0.25) is 0 Å². The summed E-state index contributed by atoms with van der Waals surface area (Å²) >= 11 is 0. The van der Waals surface area contributed by atoms with Crippen molar-refractivity contribution in [1.82, 2.24) is 15.5 Å². The van der Waals surface area contributed by atoms with Crippen molar-refractivity contribution in [3.8, 4) is 0 Å². The Hall–Kier alpha value is -2.52. The smallest absolute Gasteiger partial charge is 0.248 e. The number of hydrazine groups is 1. The van der Waals surface area contributed by atoms with Crippen LogP contribution >= 0.6 is 0 Å². The lowest BCUT2D eigenvalue weighted by molar-refractivity contribution is -0.159. The van der Waals surface area contributed by atoms with Crippen molar-refractivity contribution in [3.63, 3.8) is 0 Å². The van der Waals surface area contributed by atoms with Gasteiger partial charge in [-0.2, -0.15) is 0 Å². The van der Waals surface area contributed by atoms with Gasteiger partial charge >= 0.3 is 0 Å². The summed E-state index contributed by atoms with van der Waals surface area (Å²) in [6, 6.07) is 5.05. The fraction of sp³-hybridized carbons (Fsp3) is 0.550. The molecule has 0 radical (unpaired) electrons. The zero-order chi connectivity index (χ0) is 20.8. The zero-order valence-corrected chi connectivity index (χ0v) is 16.2. The first-order valence-corrected chi connectivity index (χ1v) is 10.0. The van der Waals surface area contributed by atoms with E-state index in [1.165, 1.54) is 23.2 Å². The van der Waals surface area contributed by atoms with Crippen LogP contribution in [-0.4, -0.2) is 52.6 Å². The molecule has 1 aromatic rings. The van der Waals surface area contributed by atoms with Gasteiger partial charge in [-0.3, -0.25) is 24.6 Å². The highest BCUT2D eigenvalue weighted by Crippen LogP contribution is 2.31. The van der Waals surface area contributed by atoms with Gasteiger partial charge in [0, 0.05) is 6.54 Å². The van der Waals surface area contributed by atoms with Crippen molar-refractivity contribution in [2.24, 2.45) is 11.8 Å². The van der Waals surface area contributed by atoms with Crippen LogP contribution in [-0.2, 0) is 14.4 Å². The molecule has 9 heteroatoms. The maximum absolute atomic E-state index is 13.9. The van der Waals surface area contributed by atoms with Gasteiger partial charge in [0.2, 0.25) is 18.2 Å². The van der Waals surface area contributed by atoms with Crippen LogP contribution in [0.25, 0.3) is 0 Å². The van der Waals surface area contributed by atoms with Crippen LogP contribution in [0.4, 0.5) is 10.1 Å². The lowest BCUT2D eigenvalue weighted by Gasteiger charge is -2.30. The molecule has 1 saturated heterocycles. The van der Waals surface area contributed by atoms with Gasteiger partial charge in [0.05, 0.1) is 18.2 Å². The lowest BCUT2D eigenvalue weighted by Crippen LogP contribution is -2.51. The molecule has 2 fully saturated rings. The first-order valence-electron chi connectivity index (χ1n) is 10.0. The molecular formula is C20H27FN4O4. The van der Waals surface area contributed by atoms with E-state index in [-0.39, 0.29) is 24.5 Å². The minimum Gasteiger partial charge on any atom is -0.322 e. The number of para-hydroxylation sites is 1. The van der Waals surface area contributed by atoms with E-state index < -0.39 is 23.7 Å². The molecule has 1 aliphatic heterocycles. The summed E-state index contributed by atoms with van der Waals surface area (Å²) in [7, 11) is 0. The normalized spacial score (nSPS) is 20.5. The number of hydrogen-bond donors (Lipinski definition) is 3. The summed E-state index contributed by atoms with van der Waals surface area (Å²) < 4.78 is 13.9. The number of halogens is 1. The van der Waals surface area contributed by atoms with Gasteiger partial charge in [0.25, 0.3) is 0 Å². The van der Waals surface area contributed by atoms with Crippen molar-refractivity contribution in [1.29, 1.82) is 0 Å². The fourth-order valence-corrected chi connectivity index (χ4v) is 4.19. The Balaban J connectivity index is 1.70. The second-order valence-corrected chi connectivity index (χ2v) is 7.70. The monoisotopic (exact) mass is 406 g/mol. The first-order chi connectivity index (χ1) is 14.0. The number of benzene rings is 1. The van der Waals surface area contributed by atoms with E-state index in [2.05, 4.69) is 10.7 Å². The topological polar surface area (TPSA) is 102 Å². The molecular weight excluding hydrogens is 379 g/mol. The minimum absolute atomic E-state index is 0.0572. The van der Waals surface area contributed by atoms with Gasteiger partial charge in [-0.15, -0.1) is 0 Å². The van der Waals surface area contributed by atoms with Gasteiger partial charge in [-0.05, 0) is 30.9 Å². The molecule has 0 spiro atoms. The van der Waals surface area contributed by atoms with Crippen LogP contribution in [0.3, 0.4) is 0 Å². The van der Waals surface area contributed by atoms with E-state index in [1.807, 2.05) is 0 Å². The van der Waals surface area contributed by atoms with Crippen molar-refractivity contribution >= 4 is 23.9 Å². The van der Waals surface area contributed by atoms with E-state index in [0.29, 0.717) is 30.4 Å². The number of nitrogens with one attached hydrogen (secondary N) is 2. The van der Waals surface area contributed by atoms with Crippen LogP contribution < -0.4 is 10.7 Å². The highest BCUT2D eigenvalue weighted by Gasteiger charge is 2.39.